The number of hydrogen-bond acceptors (Lipinski definition) is 6. The van der Waals surface area contributed by atoms with Gasteiger partial charge in [0.05, 0.1) is 23.3 Å². The average Bonchev–Trinajstić information content (AvgIpc) is 3.48. The van der Waals surface area contributed by atoms with Crippen molar-refractivity contribution in [3.63, 3.8) is 0 Å². The summed E-state index contributed by atoms with van der Waals surface area (Å²) >= 11 is 5.79. The molecule has 2 N–H and O–H groups in total. The van der Waals surface area contributed by atoms with Gasteiger partial charge in [0.15, 0.2) is 0 Å². The highest BCUT2D eigenvalue weighted by atomic mass is 35.5. The van der Waals surface area contributed by atoms with E-state index in [-0.39, 0.29) is 5.02 Å². The van der Waals surface area contributed by atoms with E-state index < -0.39 is 5.82 Å². The lowest BCUT2D eigenvalue weighted by Crippen LogP contribution is -2.21. The normalized spacial score (nSPS) is 19.1. The van der Waals surface area contributed by atoms with Crippen LogP contribution in [0.1, 0.15) is 26.2 Å². The van der Waals surface area contributed by atoms with Gasteiger partial charge in [-0.1, -0.05) is 30.2 Å². The Hall–Kier alpha value is -3.23. The second-order valence-electron chi connectivity index (χ2n) is 9.05. The molecular weight excluding hydrogens is 481 g/mol. The third-order valence-electron chi connectivity index (χ3n) is 6.75. The number of allylic oxidation sites excluding steroid dienone is 1. The molecule has 2 aliphatic rings. The molecule has 7 nitrogen and oxygen atoms in total. The maximum Gasteiger partial charge on any atom is 0.211 e. The number of carbonyl (C=O) groups is 1. The van der Waals surface area contributed by atoms with Gasteiger partial charge in [-0.25, -0.2) is 14.4 Å². The monoisotopic (exact) mass is 511 g/mol. The van der Waals surface area contributed by atoms with Gasteiger partial charge in [0.1, 0.15) is 23.7 Å². The van der Waals surface area contributed by atoms with Gasteiger partial charge in [-0.15, -0.1) is 0 Å². The van der Waals surface area contributed by atoms with E-state index in [9.17, 15) is 9.18 Å². The maximum atomic E-state index is 13.3. The molecule has 2 aromatic carbocycles. The number of halogens is 2. The summed E-state index contributed by atoms with van der Waals surface area (Å²) in [5.41, 5.74) is 1.67. The number of aromatic nitrogens is 2. The van der Waals surface area contributed by atoms with Crippen LogP contribution in [0.5, 0.6) is 5.75 Å². The molecule has 0 radical (unpaired) electrons. The van der Waals surface area contributed by atoms with E-state index in [4.69, 9.17) is 16.3 Å². The van der Waals surface area contributed by atoms with E-state index in [2.05, 4.69) is 44.6 Å². The number of fused-ring (bicyclic) bond motifs is 2. The van der Waals surface area contributed by atoms with Crippen molar-refractivity contribution >= 4 is 46.1 Å². The molecule has 2 atom stereocenters. The topological polar surface area (TPSA) is 79.4 Å². The number of anilines is 3. The van der Waals surface area contributed by atoms with Crippen LogP contribution in [0.4, 0.5) is 21.6 Å². The number of nitrogens with one attached hydrogen (secondary N) is 2. The molecule has 1 saturated heterocycles. The minimum Gasteiger partial charge on any atom is -0.494 e. The van der Waals surface area contributed by atoms with Crippen LogP contribution in [-0.2, 0) is 4.79 Å². The highest BCUT2D eigenvalue weighted by Crippen LogP contribution is 2.37. The van der Waals surface area contributed by atoms with Crippen molar-refractivity contribution in [3.05, 3.63) is 59.7 Å². The fourth-order valence-electron chi connectivity index (χ4n) is 4.98. The Morgan fingerprint density at radius 2 is 1.97 bits per heavy atom. The molecule has 2 heterocycles. The molecule has 1 amide bonds. The summed E-state index contributed by atoms with van der Waals surface area (Å²) in [6.07, 6.45) is 10.9. The summed E-state index contributed by atoms with van der Waals surface area (Å²) in [4.78, 5) is 21.8. The van der Waals surface area contributed by atoms with Gasteiger partial charge >= 0.3 is 0 Å². The summed E-state index contributed by atoms with van der Waals surface area (Å²) in [6.45, 7) is 6.03. The predicted octanol–water partition coefficient (Wildman–Crippen LogP) is 6.04. The molecule has 190 valence electrons. The molecular formula is C27H31ClFN5O2. The first kappa shape index (κ1) is 25.9. The Bertz CT molecular complexity index is 1230. The SMILES string of the molecule is C/C=C/CN1CC2CCCC2C1.COc1cc2ncnc(Nc3ccc(F)c(Cl)c3)c2cc1NC=O. The molecule has 0 spiro atoms. The summed E-state index contributed by atoms with van der Waals surface area (Å²) in [5.74, 6) is 2.56. The number of ether oxygens (including phenoxy) is 1. The molecule has 5 rings (SSSR count). The number of methoxy groups -OCH3 is 1. The van der Waals surface area contributed by atoms with E-state index in [0.29, 0.717) is 40.3 Å². The Balaban J connectivity index is 0.000000211. The van der Waals surface area contributed by atoms with Crippen molar-refractivity contribution in [2.75, 3.05) is 37.4 Å². The fraction of sp³-hybridized carbons (Fsp3) is 0.370. The van der Waals surface area contributed by atoms with Crippen molar-refractivity contribution in [2.45, 2.75) is 26.2 Å². The zero-order valence-corrected chi connectivity index (χ0v) is 21.3. The van der Waals surface area contributed by atoms with Gasteiger partial charge in [-0.2, -0.15) is 0 Å². The lowest BCUT2D eigenvalue weighted by molar-refractivity contribution is -0.105. The number of benzene rings is 2. The second-order valence-corrected chi connectivity index (χ2v) is 9.45. The third kappa shape index (κ3) is 6.12. The van der Waals surface area contributed by atoms with E-state index in [1.807, 2.05) is 0 Å². The maximum absolute atomic E-state index is 13.3. The standard InChI is InChI=1S/C16H12ClFN4O2.C11H19N/c1-24-15-6-13-10(5-14(15)21-8-23)16(20-7-19-13)22-9-2-3-12(18)11(17)4-9;1-2-3-7-12-8-10-5-4-6-11(10)9-12/h2-8H,1H3,(H,21,23)(H,19,20,22);2-3,10-11H,4-9H2,1H3/b;3-2+. The van der Waals surface area contributed by atoms with Crippen LogP contribution in [0, 0.1) is 17.7 Å². The molecule has 2 fully saturated rings. The largest absolute Gasteiger partial charge is 0.494 e. The minimum atomic E-state index is -0.503. The first-order valence-electron chi connectivity index (χ1n) is 12.1. The second kappa shape index (κ2) is 12.1. The van der Waals surface area contributed by atoms with Crippen LogP contribution in [0.25, 0.3) is 10.9 Å². The summed E-state index contributed by atoms with van der Waals surface area (Å²) < 4.78 is 18.5. The molecule has 0 bridgehead atoms. The van der Waals surface area contributed by atoms with Crippen LogP contribution in [0.3, 0.4) is 0 Å². The molecule has 2 unspecified atom stereocenters. The third-order valence-corrected chi connectivity index (χ3v) is 7.04. The lowest BCUT2D eigenvalue weighted by Gasteiger charge is -2.13. The molecule has 1 saturated carbocycles. The molecule has 1 aliphatic heterocycles. The number of hydrogen-bond donors (Lipinski definition) is 2. The summed E-state index contributed by atoms with van der Waals surface area (Å²) in [5, 5.41) is 6.29. The molecule has 9 heteroatoms. The number of rotatable bonds is 7. The molecule has 36 heavy (non-hydrogen) atoms. The van der Waals surface area contributed by atoms with Crippen LogP contribution in [0.2, 0.25) is 5.02 Å². The van der Waals surface area contributed by atoms with Gasteiger partial charge in [0.25, 0.3) is 0 Å². The van der Waals surface area contributed by atoms with Crippen molar-refractivity contribution in [2.24, 2.45) is 11.8 Å². The highest BCUT2D eigenvalue weighted by molar-refractivity contribution is 6.31. The van der Waals surface area contributed by atoms with Crippen molar-refractivity contribution < 1.29 is 13.9 Å². The zero-order valence-electron chi connectivity index (χ0n) is 20.5. The lowest BCUT2D eigenvalue weighted by atomic mass is 10.0. The van der Waals surface area contributed by atoms with Gasteiger partial charge in [-0.05, 0) is 55.9 Å². The Morgan fingerprint density at radius 1 is 1.19 bits per heavy atom. The molecule has 1 aromatic heterocycles. The number of amides is 1. The van der Waals surface area contributed by atoms with Gasteiger partial charge in [-0.3, -0.25) is 9.69 Å². The predicted molar refractivity (Wildman–Crippen MR) is 143 cm³/mol. The van der Waals surface area contributed by atoms with Crippen molar-refractivity contribution in [3.8, 4) is 5.75 Å². The number of carbonyl (C=O) groups excluding carboxylic acids is 1. The van der Waals surface area contributed by atoms with Crippen LogP contribution >= 0.6 is 11.6 Å². The van der Waals surface area contributed by atoms with Crippen molar-refractivity contribution in [1.82, 2.24) is 14.9 Å². The zero-order chi connectivity index (χ0) is 25.5. The number of nitrogens with zero attached hydrogens (tertiary/aromatic N) is 3. The quantitative estimate of drug-likeness (QED) is 0.297. The molecule has 1 aliphatic carbocycles. The number of likely N-dealkylation sites (tertiary alicyclic amines) is 1. The van der Waals surface area contributed by atoms with Gasteiger partial charge < -0.3 is 15.4 Å². The van der Waals surface area contributed by atoms with E-state index >= 15 is 0 Å². The van der Waals surface area contributed by atoms with Crippen molar-refractivity contribution in [1.29, 1.82) is 0 Å². The van der Waals surface area contributed by atoms with Gasteiger partial charge in [0.2, 0.25) is 6.41 Å². The highest BCUT2D eigenvalue weighted by Gasteiger charge is 2.35. The minimum absolute atomic E-state index is 0.00309. The Labute approximate surface area is 215 Å². The van der Waals surface area contributed by atoms with Crippen LogP contribution in [0.15, 0.2) is 48.8 Å². The van der Waals surface area contributed by atoms with Crippen LogP contribution in [-0.4, -0.2) is 48.0 Å². The van der Waals surface area contributed by atoms with E-state index in [1.54, 1.807) is 18.2 Å². The Morgan fingerprint density at radius 3 is 2.64 bits per heavy atom. The van der Waals surface area contributed by atoms with Crippen LogP contribution < -0.4 is 15.4 Å². The average molecular weight is 512 g/mol. The first-order valence-corrected chi connectivity index (χ1v) is 12.5. The summed E-state index contributed by atoms with van der Waals surface area (Å²) in [6, 6.07) is 7.64. The van der Waals surface area contributed by atoms with E-state index in [0.717, 1.165) is 11.8 Å². The smallest absolute Gasteiger partial charge is 0.211 e. The van der Waals surface area contributed by atoms with Gasteiger partial charge in [0, 0.05) is 36.8 Å². The molecule has 3 aromatic rings. The Kier molecular flexibility index (Phi) is 8.72. The fourth-order valence-corrected chi connectivity index (χ4v) is 5.16. The van der Waals surface area contributed by atoms with E-state index in [1.165, 1.54) is 64.5 Å². The summed E-state index contributed by atoms with van der Waals surface area (Å²) in [7, 11) is 1.50. The first-order chi connectivity index (χ1) is 17.5.